The first-order valence-electron chi connectivity index (χ1n) is 9.07. The lowest BCUT2D eigenvalue weighted by atomic mass is 9.89. The molecule has 2 fully saturated rings. The van der Waals surface area contributed by atoms with Crippen molar-refractivity contribution in [3.8, 4) is 0 Å². The number of nitrogens with zero attached hydrogens (tertiary/aromatic N) is 2. The van der Waals surface area contributed by atoms with Crippen LogP contribution in [0.4, 0.5) is 4.79 Å². The summed E-state index contributed by atoms with van der Waals surface area (Å²) >= 11 is 0. The summed E-state index contributed by atoms with van der Waals surface area (Å²) in [6, 6.07) is 1.24. The highest BCUT2D eigenvalue weighted by Crippen LogP contribution is 2.23. The molecule has 5 nitrogen and oxygen atoms in total. The number of piperidine rings is 1. The van der Waals surface area contributed by atoms with Gasteiger partial charge in [0.25, 0.3) is 0 Å². The van der Waals surface area contributed by atoms with Gasteiger partial charge in [0.15, 0.2) is 0 Å². The average molecular weight is 325 g/mol. The standard InChI is InChI=1S/C18H35N3O2/c1-13-11-20(6)14(2)9-16(13)19-10-15-7-8-21(12-15)17(22)23-18(3,4)5/h13-16,19H,7-12H2,1-6H3. The van der Waals surface area contributed by atoms with Crippen molar-refractivity contribution in [2.45, 2.75) is 65.1 Å². The molecule has 0 radical (unpaired) electrons. The summed E-state index contributed by atoms with van der Waals surface area (Å²) in [4.78, 5) is 16.4. The molecule has 1 N–H and O–H groups in total. The zero-order valence-corrected chi connectivity index (χ0v) is 15.8. The van der Waals surface area contributed by atoms with E-state index in [9.17, 15) is 4.79 Å². The second-order valence-electron chi connectivity index (χ2n) is 8.60. The van der Waals surface area contributed by atoms with Crippen molar-refractivity contribution in [1.29, 1.82) is 0 Å². The van der Waals surface area contributed by atoms with E-state index in [-0.39, 0.29) is 6.09 Å². The highest BCUT2D eigenvalue weighted by molar-refractivity contribution is 5.68. The Morgan fingerprint density at radius 3 is 2.61 bits per heavy atom. The normalized spacial score (nSPS) is 33.0. The van der Waals surface area contributed by atoms with E-state index in [2.05, 4.69) is 31.1 Å². The van der Waals surface area contributed by atoms with Crippen LogP contribution in [0.1, 0.15) is 47.5 Å². The minimum atomic E-state index is -0.410. The number of hydrogen-bond donors (Lipinski definition) is 1. The Labute approximate surface area is 141 Å². The largest absolute Gasteiger partial charge is 0.444 e. The predicted molar refractivity (Wildman–Crippen MR) is 93.6 cm³/mol. The maximum Gasteiger partial charge on any atom is 0.410 e. The number of rotatable bonds is 3. The molecule has 134 valence electrons. The molecule has 0 bridgehead atoms. The van der Waals surface area contributed by atoms with Crippen molar-refractivity contribution in [2.75, 3.05) is 33.2 Å². The van der Waals surface area contributed by atoms with Crippen LogP contribution in [-0.4, -0.2) is 66.8 Å². The molecule has 2 heterocycles. The summed E-state index contributed by atoms with van der Waals surface area (Å²) in [5.41, 5.74) is -0.410. The van der Waals surface area contributed by atoms with Crippen molar-refractivity contribution in [1.82, 2.24) is 15.1 Å². The van der Waals surface area contributed by atoms with Crippen LogP contribution in [0.15, 0.2) is 0 Å². The Balaban J connectivity index is 1.74. The maximum absolute atomic E-state index is 12.1. The summed E-state index contributed by atoms with van der Waals surface area (Å²) in [5, 5.41) is 3.77. The molecule has 4 atom stereocenters. The van der Waals surface area contributed by atoms with E-state index in [1.807, 2.05) is 25.7 Å². The van der Waals surface area contributed by atoms with Gasteiger partial charge in [0.1, 0.15) is 5.60 Å². The zero-order valence-electron chi connectivity index (χ0n) is 15.8. The summed E-state index contributed by atoms with van der Waals surface area (Å²) < 4.78 is 5.47. The molecular formula is C18H35N3O2. The Morgan fingerprint density at radius 1 is 1.26 bits per heavy atom. The van der Waals surface area contributed by atoms with Crippen LogP contribution in [0, 0.1) is 11.8 Å². The van der Waals surface area contributed by atoms with Gasteiger partial charge >= 0.3 is 6.09 Å². The lowest BCUT2D eigenvalue weighted by molar-refractivity contribution is 0.0287. The average Bonchev–Trinajstić information content (AvgIpc) is 2.88. The van der Waals surface area contributed by atoms with Gasteiger partial charge in [-0.3, -0.25) is 0 Å². The molecule has 2 aliphatic rings. The molecule has 23 heavy (non-hydrogen) atoms. The number of carbonyl (C=O) groups is 1. The first-order chi connectivity index (χ1) is 10.7. The van der Waals surface area contributed by atoms with Crippen molar-refractivity contribution >= 4 is 6.09 Å². The van der Waals surface area contributed by atoms with Gasteiger partial charge in [0.05, 0.1) is 0 Å². The molecule has 0 aromatic rings. The minimum absolute atomic E-state index is 0.165. The molecule has 0 saturated carbocycles. The van der Waals surface area contributed by atoms with Crippen molar-refractivity contribution in [3.05, 3.63) is 0 Å². The molecule has 0 spiro atoms. The first kappa shape index (κ1) is 18.5. The van der Waals surface area contributed by atoms with E-state index in [4.69, 9.17) is 4.74 Å². The van der Waals surface area contributed by atoms with Crippen LogP contribution in [0.2, 0.25) is 0 Å². The molecule has 4 unspecified atom stereocenters. The molecule has 2 saturated heterocycles. The molecule has 0 aromatic heterocycles. The molecule has 2 rings (SSSR count). The summed E-state index contributed by atoms with van der Waals surface area (Å²) in [7, 11) is 2.22. The molecule has 5 heteroatoms. The zero-order chi connectivity index (χ0) is 17.2. The fourth-order valence-electron chi connectivity index (χ4n) is 3.64. The third kappa shape index (κ3) is 5.35. The summed E-state index contributed by atoms with van der Waals surface area (Å²) in [6.45, 7) is 14.2. The van der Waals surface area contributed by atoms with Gasteiger partial charge in [-0.25, -0.2) is 4.79 Å². The second kappa shape index (κ2) is 7.39. The highest BCUT2D eigenvalue weighted by atomic mass is 16.6. The van der Waals surface area contributed by atoms with Crippen LogP contribution >= 0.6 is 0 Å². The van der Waals surface area contributed by atoms with Crippen LogP contribution in [0.5, 0.6) is 0 Å². The van der Waals surface area contributed by atoms with Crippen LogP contribution in [-0.2, 0) is 4.74 Å². The summed E-state index contributed by atoms with van der Waals surface area (Å²) in [5.74, 6) is 1.23. The molecule has 0 aromatic carbocycles. The first-order valence-corrected chi connectivity index (χ1v) is 9.07. The predicted octanol–water partition coefficient (Wildman–Crippen LogP) is 2.56. The monoisotopic (exact) mass is 325 g/mol. The van der Waals surface area contributed by atoms with Crippen molar-refractivity contribution in [3.63, 3.8) is 0 Å². The van der Waals surface area contributed by atoms with Gasteiger partial charge in [0, 0.05) is 31.7 Å². The third-order valence-electron chi connectivity index (χ3n) is 5.22. The quantitative estimate of drug-likeness (QED) is 0.866. The second-order valence-corrected chi connectivity index (χ2v) is 8.60. The topological polar surface area (TPSA) is 44.8 Å². The van der Waals surface area contributed by atoms with Crippen LogP contribution in [0.25, 0.3) is 0 Å². The number of carbonyl (C=O) groups excluding carboxylic acids is 1. The number of likely N-dealkylation sites (tertiary alicyclic amines) is 2. The molecule has 2 aliphatic heterocycles. The molecule has 0 aliphatic carbocycles. The van der Waals surface area contributed by atoms with Gasteiger partial charge in [-0.15, -0.1) is 0 Å². The van der Waals surface area contributed by atoms with Crippen molar-refractivity contribution in [2.24, 2.45) is 11.8 Å². The van der Waals surface area contributed by atoms with Gasteiger partial charge in [-0.05, 0) is 66.0 Å². The van der Waals surface area contributed by atoms with Crippen molar-refractivity contribution < 1.29 is 9.53 Å². The summed E-state index contributed by atoms with van der Waals surface area (Å²) in [6.07, 6.45) is 2.12. The van der Waals surface area contributed by atoms with E-state index in [1.165, 1.54) is 6.42 Å². The fourth-order valence-corrected chi connectivity index (χ4v) is 3.64. The Morgan fingerprint density at radius 2 is 1.96 bits per heavy atom. The molecule has 1 amide bonds. The Kier molecular flexibility index (Phi) is 5.95. The maximum atomic E-state index is 12.1. The van der Waals surface area contributed by atoms with E-state index in [0.717, 1.165) is 32.6 Å². The number of nitrogens with one attached hydrogen (secondary N) is 1. The van der Waals surface area contributed by atoms with Gasteiger partial charge in [-0.1, -0.05) is 6.92 Å². The van der Waals surface area contributed by atoms with Crippen LogP contribution in [0.3, 0.4) is 0 Å². The van der Waals surface area contributed by atoms with Crippen LogP contribution < -0.4 is 5.32 Å². The van der Waals surface area contributed by atoms with Gasteiger partial charge in [0.2, 0.25) is 0 Å². The fraction of sp³-hybridized carbons (Fsp3) is 0.944. The van der Waals surface area contributed by atoms with E-state index < -0.39 is 5.60 Å². The Hall–Kier alpha value is -0.810. The SMILES string of the molecule is CC1CN(C)C(C)CC1NCC1CCN(C(=O)OC(C)(C)C)C1. The van der Waals surface area contributed by atoms with E-state index in [0.29, 0.717) is 23.9 Å². The lowest BCUT2D eigenvalue weighted by Gasteiger charge is -2.40. The minimum Gasteiger partial charge on any atom is -0.444 e. The Bertz CT molecular complexity index is 408. The van der Waals surface area contributed by atoms with E-state index in [1.54, 1.807) is 0 Å². The molecular weight excluding hydrogens is 290 g/mol. The van der Waals surface area contributed by atoms with E-state index >= 15 is 0 Å². The lowest BCUT2D eigenvalue weighted by Crippen LogP contribution is -2.51. The number of amides is 1. The smallest absolute Gasteiger partial charge is 0.410 e. The highest BCUT2D eigenvalue weighted by Gasteiger charge is 2.32. The third-order valence-corrected chi connectivity index (χ3v) is 5.22. The van der Waals surface area contributed by atoms with Gasteiger partial charge < -0.3 is 19.9 Å². The number of hydrogen-bond acceptors (Lipinski definition) is 4. The number of ether oxygens (including phenoxy) is 1. The van der Waals surface area contributed by atoms with Gasteiger partial charge in [-0.2, -0.15) is 0 Å².